The first-order valence-corrected chi connectivity index (χ1v) is 5.96. The maximum atomic E-state index is 11.8. The van der Waals surface area contributed by atoms with Gasteiger partial charge in [-0.05, 0) is 19.8 Å². The number of carbonyl (C=O) groups excluding carboxylic acids is 1. The molecule has 5 heteroatoms. The highest BCUT2D eigenvalue weighted by Crippen LogP contribution is 2.36. The molecule has 0 bridgehead atoms. The monoisotopic (exact) mass is 238 g/mol. The van der Waals surface area contributed by atoms with E-state index in [1.54, 1.807) is 6.92 Å². The lowest BCUT2D eigenvalue weighted by molar-refractivity contribution is 0.0854. The molecule has 1 aromatic heterocycles. The normalized spacial score (nSPS) is 18.2. The number of nitrogens with zero attached hydrogens (tertiary/aromatic N) is 1. The Morgan fingerprint density at radius 2 is 2.29 bits per heavy atom. The van der Waals surface area contributed by atoms with Gasteiger partial charge in [0.2, 0.25) is 5.76 Å². The van der Waals surface area contributed by atoms with E-state index in [4.69, 9.17) is 4.42 Å². The predicted molar refractivity (Wildman–Crippen MR) is 61.6 cm³/mol. The van der Waals surface area contributed by atoms with E-state index in [0.29, 0.717) is 12.2 Å². The average molecular weight is 238 g/mol. The van der Waals surface area contributed by atoms with E-state index in [9.17, 15) is 9.90 Å². The number of carbonyl (C=O) groups is 1. The molecule has 0 aromatic carbocycles. The second-order valence-electron chi connectivity index (χ2n) is 4.81. The van der Waals surface area contributed by atoms with E-state index in [0.717, 1.165) is 25.7 Å². The summed E-state index contributed by atoms with van der Waals surface area (Å²) in [6.07, 6.45) is 5.45. The molecule has 5 nitrogen and oxygen atoms in total. The molecule has 1 aliphatic carbocycles. The van der Waals surface area contributed by atoms with Crippen molar-refractivity contribution in [1.29, 1.82) is 0 Å². The molecule has 17 heavy (non-hydrogen) atoms. The number of aromatic nitrogens is 1. The summed E-state index contributed by atoms with van der Waals surface area (Å²) in [6.45, 7) is 2.36. The Hall–Kier alpha value is -1.36. The molecule has 0 saturated heterocycles. The van der Waals surface area contributed by atoms with Gasteiger partial charge in [-0.25, -0.2) is 4.98 Å². The van der Waals surface area contributed by atoms with Crippen molar-refractivity contribution in [2.45, 2.75) is 32.6 Å². The summed E-state index contributed by atoms with van der Waals surface area (Å²) in [5.41, 5.74) is 0.454. The van der Waals surface area contributed by atoms with Crippen molar-refractivity contribution in [3.8, 4) is 0 Å². The zero-order valence-electron chi connectivity index (χ0n) is 10.0. The first-order valence-electron chi connectivity index (χ1n) is 5.96. The van der Waals surface area contributed by atoms with Crippen LogP contribution in [0.3, 0.4) is 0 Å². The molecule has 1 heterocycles. The highest BCUT2D eigenvalue weighted by atomic mass is 16.3. The minimum atomic E-state index is -0.250. The maximum absolute atomic E-state index is 11.8. The summed E-state index contributed by atoms with van der Waals surface area (Å²) in [7, 11) is 0. The molecular formula is C12H18N2O3. The maximum Gasteiger partial charge on any atom is 0.289 e. The van der Waals surface area contributed by atoms with Crippen molar-refractivity contribution in [1.82, 2.24) is 10.3 Å². The lowest BCUT2D eigenvalue weighted by Crippen LogP contribution is -2.38. The average Bonchev–Trinajstić information content (AvgIpc) is 2.95. The zero-order chi connectivity index (χ0) is 12.3. The van der Waals surface area contributed by atoms with Gasteiger partial charge >= 0.3 is 0 Å². The number of hydrogen-bond donors (Lipinski definition) is 2. The van der Waals surface area contributed by atoms with Crippen LogP contribution >= 0.6 is 0 Å². The molecule has 1 aliphatic rings. The van der Waals surface area contributed by atoms with Crippen LogP contribution in [0.4, 0.5) is 0 Å². The Bertz CT molecular complexity index is 394. The number of hydrogen-bond acceptors (Lipinski definition) is 4. The molecule has 0 aliphatic heterocycles. The van der Waals surface area contributed by atoms with Crippen molar-refractivity contribution < 1.29 is 14.3 Å². The fourth-order valence-corrected chi connectivity index (χ4v) is 2.38. The second-order valence-corrected chi connectivity index (χ2v) is 4.81. The smallest absolute Gasteiger partial charge is 0.289 e. The topological polar surface area (TPSA) is 75.4 Å². The number of nitrogens with one attached hydrogen (secondary N) is 1. The van der Waals surface area contributed by atoms with E-state index in [1.165, 1.54) is 6.39 Å². The van der Waals surface area contributed by atoms with Crippen LogP contribution in [0, 0.1) is 12.3 Å². The first-order chi connectivity index (χ1) is 8.17. The summed E-state index contributed by atoms with van der Waals surface area (Å²) in [5, 5.41) is 12.3. The fraction of sp³-hybridized carbons (Fsp3) is 0.667. The quantitative estimate of drug-likeness (QED) is 0.828. The van der Waals surface area contributed by atoms with Gasteiger partial charge < -0.3 is 14.8 Å². The van der Waals surface area contributed by atoms with Crippen molar-refractivity contribution in [3.05, 3.63) is 17.8 Å². The molecule has 1 saturated carbocycles. The lowest BCUT2D eigenvalue weighted by Gasteiger charge is -2.26. The van der Waals surface area contributed by atoms with Crippen LogP contribution < -0.4 is 5.32 Å². The largest absolute Gasteiger partial charge is 0.438 e. The number of amides is 1. The lowest BCUT2D eigenvalue weighted by atomic mass is 9.87. The van der Waals surface area contributed by atoms with Gasteiger partial charge in [-0.3, -0.25) is 4.79 Å². The molecule has 0 unspecified atom stereocenters. The number of aliphatic hydroxyl groups excluding tert-OH is 1. The van der Waals surface area contributed by atoms with Crippen LogP contribution in [0.1, 0.15) is 41.9 Å². The Labute approximate surface area is 100 Å². The summed E-state index contributed by atoms with van der Waals surface area (Å²) < 4.78 is 5.02. The predicted octanol–water partition coefficient (Wildman–Crippen LogP) is 1.27. The first kappa shape index (κ1) is 12.1. The van der Waals surface area contributed by atoms with Crippen LogP contribution in [0.5, 0.6) is 0 Å². The van der Waals surface area contributed by atoms with Crippen LogP contribution in [0.15, 0.2) is 10.8 Å². The minimum Gasteiger partial charge on any atom is -0.438 e. The Morgan fingerprint density at radius 1 is 1.59 bits per heavy atom. The number of oxazole rings is 1. The fourth-order valence-electron chi connectivity index (χ4n) is 2.38. The number of aliphatic hydroxyl groups is 1. The van der Waals surface area contributed by atoms with E-state index in [2.05, 4.69) is 10.3 Å². The Kier molecular flexibility index (Phi) is 3.47. The molecule has 2 rings (SSSR count). The van der Waals surface area contributed by atoms with Crippen molar-refractivity contribution in [3.63, 3.8) is 0 Å². The molecule has 94 valence electrons. The molecule has 1 aromatic rings. The summed E-state index contributed by atoms with van der Waals surface area (Å²) >= 11 is 0. The van der Waals surface area contributed by atoms with Crippen molar-refractivity contribution >= 4 is 5.91 Å². The Balaban J connectivity index is 1.94. The molecule has 2 N–H and O–H groups in total. The van der Waals surface area contributed by atoms with Gasteiger partial charge in [-0.1, -0.05) is 12.8 Å². The van der Waals surface area contributed by atoms with Crippen LogP contribution in [-0.2, 0) is 0 Å². The highest BCUT2D eigenvalue weighted by molar-refractivity contribution is 5.92. The number of aryl methyl sites for hydroxylation is 1. The van der Waals surface area contributed by atoms with Gasteiger partial charge in [0.15, 0.2) is 6.39 Å². The van der Waals surface area contributed by atoms with E-state index >= 15 is 0 Å². The van der Waals surface area contributed by atoms with E-state index < -0.39 is 0 Å². The third kappa shape index (κ3) is 2.49. The van der Waals surface area contributed by atoms with E-state index in [1.807, 2.05) is 0 Å². The summed E-state index contributed by atoms with van der Waals surface area (Å²) in [6, 6.07) is 0. The van der Waals surface area contributed by atoms with Gasteiger partial charge in [-0.2, -0.15) is 0 Å². The molecule has 0 spiro atoms. The highest BCUT2D eigenvalue weighted by Gasteiger charge is 2.33. The second kappa shape index (κ2) is 4.87. The molecule has 0 radical (unpaired) electrons. The van der Waals surface area contributed by atoms with Gasteiger partial charge in [0.1, 0.15) is 0 Å². The Morgan fingerprint density at radius 3 is 2.82 bits per heavy atom. The molecule has 1 amide bonds. The molecular weight excluding hydrogens is 220 g/mol. The van der Waals surface area contributed by atoms with E-state index in [-0.39, 0.29) is 23.7 Å². The SMILES string of the molecule is Cc1ncoc1C(=O)NCC1(CO)CCCC1. The van der Waals surface area contributed by atoms with Crippen LogP contribution in [-0.4, -0.2) is 29.1 Å². The zero-order valence-corrected chi connectivity index (χ0v) is 10.0. The van der Waals surface area contributed by atoms with Gasteiger partial charge in [-0.15, -0.1) is 0 Å². The molecule has 0 atom stereocenters. The summed E-state index contributed by atoms with van der Waals surface area (Å²) in [4.78, 5) is 15.7. The van der Waals surface area contributed by atoms with Crippen LogP contribution in [0.25, 0.3) is 0 Å². The van der Waals surface area contributed by atoms with Gasteiger partial charge in [0.05, 0.1) is 12.3 Å². The van der Waals surface area contributed by atoms with Crippen LogP contribution in [0.2, 0.25) is 0 Å². The summed E-state index contributed by atoms with van der Waals surface area (Å²) in [5.74, 6) is 0.0100. The van der Waals surface area contributed by atoms with Crippen molar-refractivity contribution in [2.75, 3.05) is 13.2 Å². The molecule has 1 fully saturated rings. The van der Waals surface area contributed by atoms with Gasteiger partial charge in [0, 0.05) is 12.0 Å². The third-order valence-electron chi connectivity index (χ3n) is 3.58. The third-order valence-corrected chi connectivity index (χ3v) is 3.58. The van der Waals surface area contributed by atoms with Crippen molar-refractivity contribution in [2.24, 2.45) is 5.41 Å². The number of rotatable bonds is 4. The standard InChI is InChI=1S/C12H18N2O3/c1-9-10(17-8-14-9)11(16)13-6-12(7-15)4-2-3-5-12/h8,15H,2-7H2,1H3,(H,13,16). The van der Waals surface area contributed by atoms with Gasteiger partial charge in [0.25, 0.3) is 5.91 Å². The minimum absolute atomic E-state index is 0.128.